The lowest BCUT2D eigenvalue weighted by atomic mass is 9.93. The number of carbonyl (C=O) groups excluding carboxylic acids is 1. The van der Waals surface area contributed by atoms with Crippen LogP contribution in [0.2, 0.25) is 0 Å². The van der Waals surface area contributed by atoms with Gasteiger partial charge in [-0.05, 0) is 25.3 Å². The van der Waals surface area contributed by atoms with E-state index in [1.165, 1.54) is 6.42 Å². The summed E-state index contributed by atoms with van der Waals surface area (Å²) in [5.74, 6) is 0.822. The van der Waals surface area contributed by atoms with E-state index >= 15 is 0 Å². The fourth-order valence-electron chi connectivity index (χ4n) is 2.20. The molecule has 0 bridgehead atoms. The number of nitrogens with one attached hydrogen (secondary N) is 1. The first-order chi connectivity index (χ1) is 8.16. The predicted octanol–water partition coefficient (Wildman–Crippen LogP) is 1.49. The maximum absolute atomic E-state index is 12.2. The van der Waals surface area contributed by atoms with E-state index < -0.39 is 0 Å². The Hall–Kier alpha value is -0.940. The summed E-state index contributed by atoms with van der Waals surface area (Å²) in [5.41, 5.74) is 2.77. The van der Waals surface area contributed by atoms with Crippen LogP contribution in [0, 0.1) is 5.92 Å². The third kappa shape index (κ3) is 3.26. The molecule has 1 aliphatic heterocycles. The smallest absolute Gasteiger partial charge is 0.239 e. The molecule has 0 spiro atoms. The van der Waals surface area contributed by atoms with Crippen LogP contribution in [-0.4, -0.2) is 35.4 Å². The van der Waals surface area contributed by atoms with E-state index in [0.29, 0.717) is 12.5 Å². The number of amides is 1. The molecule has 1 amide bonds. The van der Waals surface area contributed by atoms with Crippen molar-refractivity contribution in [2.45, 2.75) is 32.4 Å². The molecule has 1 saturated heterocycles. The largest absolute Gasteiger partial charge is 0.338 e. The van der Waals surface area contributed by atoms with Crippen molar-refractivity contribution in [2.75, 3.05) is 13.6 Å². The third-order valence-corrected chi connectivity index (χ3v) is 3.86. The highest BCUT2D eigenvalue weighted by molar-refractivity contribution is 7.07. The average molecular weight is 253 g/mol. The number of hydrogen-bond acceptors (Lipinski definition) is 4. The SMILES string of the molecule is CC1CCNC(C(=O)N(C)Cc2cscn2)C1. The minimum absolute atomic E-state index is 0.0117. The van der Waals surface area contributed by atoms with E-state index in [9.17, 15) is 4.79 Å². The van der Waals surface area contributed by atoms with Crippen LogP contribution in [0.5, 0.6) is 0 Å². The molecule has 2 heterocycles. The van der Waals surface area contributed by atoms with E-state index in [4.69, 9.17) is 0 Å². The van der Waals surface area contributed by atoms with Crippen LogP contribution in [-0.2, 0) is 11.3 Å². The molecule has 0 saturated carbocycles. The molecule has 17 heavy (non-hydrogen) atoms. The first kappa shape index (κ1) is 12.5. The highest BCUT2D eigenvalue weighted by Crippen LogP contribution is 2.17. The van der Waals surface area contributed by atoms with Gasteiger partial charge in [0.15, 0.2) is 0 Å². The molecule has 5 heteroatoms. The molecule has 1 N–H and O–H groups in total. The molecular formula is C12H19N3OS. The quantitative estimate of drug-likeness (QED) is 0.887. The Kier molecular flexibility index (Phi) is 4.12. The topological polar surface area (TPSA) is 45.2 Å². The Morgan fingerprint density at radius 1 is 1.71 bits per heavy atom. The van der Waals surface area contributed by atoms with Crippen LogP contribution in [0.15, 0.2) is 10.9 Å². The van der Waals surface area contributed by atoms with Crippen molar-refractivity contribution in [2.24, 2.45) is 5.92 Å². The number of piperidine rings is 1. The van der Waals surface area contributed by atoms with Crippen molar-refractivity contribution in [3.8, 4) is 0 Å². The Morgan fingerprint density at radius 2 is 2.53 bits per heavy atom. The monoisotopic (exact) mass is 253 g/mol. The zero-order valence-electron chi connectivity index (χ0n) is 10.3. The second-order valence-corrected chi connectivity index (χ2v) is 5.53. The highest BCUT2D eigenvalue weighted by Gasteiger charge is 2.26. The predicted molar refractivity (Wildman–Crippen MR) is 68.8 cm³/mol. The summed E-state index contributed by atoms with van der Waals surface area (Å²) in [5, 5.41) is 5.29. The van der Waals surface area contributed by atoms with Gasteiger partial charge in [-0.2, -0.15) is 0 Å². The molecule has 2 unspecified atom stereocenters. The van der Waals surface area contributed by atoms with Gasteiger partial charge in [0.2, 0.25) is 5.91 Å². The number of nitrogens with zero attached hydrogens (tertiary/aromatic N) is 2. The fraction of sp³-hybridized carbons (Fsp3) is 0.667. The summed E-state index contributed by atoms with van der Waals surface area (Å²) in [6.45, 7) is 3.76. The van der Waals surface area contributed by atoms with Crippen LogP contribution < -0.4 is 5.32 Å². The van der Waals surface area contributed by atoms with Crippen molar-refractivity contribution in [3.05, 3.63) is 16.6 Å². The first-order valence-electron chi connectivity index (χ1n) is 6.02. The molecule has 1 aromatic rings. The zero-order valence-corrected chi connectivity index (χ0v) is 11.2. The maximum Gasteiger partial charge on any atom is 0.239 e. The van der Waals surface area contributed by atoms with Crippen molar-refractivity contribution in [3.63, 3.8) is 0 Å². The fourth-order valence-corrected chi connectivity index (χ4v) is 2.75. The molecule has 4 nitrogen and oxygen atoms in total. The van der Waals surface area contributed by atoms with Gasteiger partial charge in [0, 0.05) is 12.4 Å². The van der Waals surface area contributed by atoms with Crippen molar-refractivity contribution >= 4 is 17.2 Å². The number of carbonyl (C=O) groups is 1. The molecule has 0 radical (unpaired) electrons. The Balaban J connectivity index is 1.90. The van der Waals surface area contributed by atoms with Gasteiger partial charge in [0.25, 0.3) is 0 Å². The molecule has 1 aromatic heterocycles. The van der Waals surface area contributed by atoms with Crippen molar-refractivity contribution in [1.29, 1.82) is 0 Å². The normalized spacial score (nSPS) is 24.6. The van der Waals surface area contributed by atoms with E-state index in [1.807, 2.05) is 12.4 Å². The maximum atomic E-state index is 12.2. The van der Waals surface area contributed by atoms with Gasteiger partial charge in [-0.25, -0.2) is 4.98 Å². The second-order valence-electron chi connectivity index (χ2n) is 4.81. The summed E-state index contributed by atoms with van der Waals surface area (Å²) < 4.78 is 0. The van der Waals surface area contributed by atoms with E-state index in [-0.39, 0.29) is 11.9 Å². The molecule has 0 aromatic carbocycles. The number of thiazole rings is 1. The van der Waals surface area contributed by atoms with Crippen LogP contribution >= 0.6 is 11.3 Å². The van der Waals surface area contributed by atoms with Gasteiger partial charge < -0.3 is 10.2 Å². The standard InChI is InChI=1S/C12H19N3OS/c1-9-3-4-13-11(5-9)12(16)15(2)6-10-7-17-8-14-10/h7-9,11,13H,3-6H2,1-2H3. The lowest BCUT2D eigenvalue weighted by Gasteiger charge is -2.30. The lowest BCUT2D eigenvalue weighted by Crippen LogP contribution is -2.48. The summed E-state index contributed by atoms with van der Waals surface area (Å²) in [6, 6.07) is -0.0117. The van der Waals surface area contributed by atoms with Crippen LogP contribution in [0.25, 0.3) is 0 Å². The van der Waals surface area contributed by atoms with Crippen LogP contribution in [0.3, 0.4) is 0 Å². The Bertz CT molecular complexity index is 366. The van der Waals surface area contributed by atoms with Gasteiger partial charge in [0.05, 0.1) is 23.8 Å². The highest BCUT2D eigenvalue weighted by atomic mass is 32.1. The van der Waals surface area contributed by atoms with E-state index in [0.717, 1.165) is 18.7 Å². The van der Waals surface area contributed by atoms with Gasteiger partial charge in [-0.1, -0.05) is 6.92 Å². The first-order valence-corrected chi connectivity index (χ1v) is 6.96. The summed E-state index contributed by atoms with van der Waals surface area (Å²) in [7, 11) is 1.85. The molecule has 1 fully saturated rings. The Morgan fingerprint density at radius 3 is 3.18 bits per heavy atom. The van der Waals surface area contributed by atoms with E-state index in [1.54, 1.807) is 21.7 Å². The van der Waals surface area contributed by atoms with Crippen molar-refractivity contribution in [1.82, 2.24) is 15.2 Å². The summed E-state index contributed by atoms with van der Waals surface area (Å²) in [4.78, 5) is 18.2. The van der Waals surface area contributed by atoms with Crippen LogP contribution in [0.4, 0.5) is 0 Å². The van der Waals surface area contributed by atoms with Crippen LogP contribution in [0.1, 0.15) is 25.5 Å². The molecular weight excluding hydrogens is 234 g/mol. The summed E-state index contributed by atoms with van der Waals surface area (Å²) in [6.07, 6.45) is 2.11. The number of likely N-dealkylation sites (N-methyl/N-ethyl adjacent to an activating group) is 1. The molecule has 2 rings (SSSR count). The van der Waals surface area contributed by atoms with Crippen molar-refractivity contribution < 1.29 is 4.79 Å². The van der Waals surface area contributed by atoms with E-state index in [2.05, 4.69) is 17.2 Å². The number of hydrogen-bond donors (Lipinski definition) is 1. The van der Waals surface area contributed by atoms with Gasteiger partial charge in [-0.3, -0.25) is 4.79 Å². The van der Waals surface area contributed by atoms with Gasteiger partial charge in [-0.15, -0.1) is 11.3 Å². The van der Waals surface area contributed by atoms with Gasteiger partial charge in [0.1, 0.15) is 0 Å². The zero-order chi connectivity index (χ0) is 12.3. The third-order valence-electron chi connectivity index (χ3n) is 3.22. The number of rotatable bonds is 3. The number of aromatic nitrogens is 1. The molecule has 1 aliphatic rings. The summed E-state index contributed by atoms with van der Waals surface area (Å²) >= 11 is 1.56. The average Bonchev–Trinajstić information content (AvgIpc) is 2.80. The second kappa shape index (κ2) is 5.60. The molecule has 2 atom stereocenters. The molecule has 0 aliphatic carbocycles. The molecule has 94 valence electrons. The van der Waals surface area contributed by atoms with Gasteiger partial charge >= 0.3 is 0 Å². The minimum Gasteiger partial charge on any atom is -0.338 e. The minimum atomic E-state index is -0.0117. The lowest BCUT2D eigenvalue weighted by molar-refractivity contribution is -0.133. The Labute approximate surface area is 106 Å².